The second-order valence-corrected chi connectivity index (χ2v) is 7.54. The molecule has 1 N–H and O–H groups in total. The molecule has 1 aliphatic carbocycles. The fraction of sp³-hybridized carbons (Fsp3) is 0.625. The molecule has 2 aromatic rings. The van der Waals surface area contributed by atoms with Crippen molar-refractivity contribution in [3.8, 4) is 0 Å². The Labute approximate surface area is 135 Å². The molecule has 2 fully saturated rings. The first kappa shape index (κ1) is 14.4. The van der Waals surface area contributed by atoms with Gasteiger partial charge in [0, 0.05) is 24.4 Å². The Bertz CT molecular complexity index is 758. The predicted octanol–water partition coefficient (Wildman–Crippen LogP) is 1.81. The molecule has 1 amide bonds. The molecular weight excluding hydrogens is 292 g/mol. The van der Waals surface area contributed by atoms with Crippen molar-refractivity contribution in [2.24, 2.45) is 0 Å². The minimum absolute atomic E-state index is 0.0903. The zero-order valence-electron chi connectivity index (χ0n) is 13.8. The number of carbonyl (C=O) groups excluding carboxylic acids is 1. The van der Waals surface area contributed by atoms with E-state index in [1.54, 1.807) is 0 Å². The number of fused-ring (bicyclic) bond motifs is 1. The van der Waals surface area contributed by atoms with Crippen LogP contribution in [0.3, 0.4) is 0 Å². The standard InChI is InChI=1S/C16H22N6O/c1-16(2,3)21-9-11(8-14(21)23)17-12-6-7-13-18-19-15(10-4-5-10)22(13)20-12/h6-7,10-11H,4-5,8-9H2,1-3H3,(H,17,20). The lowest BCUT2D eigenvalue weighted by Gasteiger charge is -2.32. The Morgan fingerprint density at radius 1 is 1.22 bits per heavy atom. The van der Waals surface area contributed by atoms with Crippen LogP contribution in [0.2, 0.25) is 0 Å². The quantitative estimate of drug-likeness (QED) is 0.935. The molecule has 3 heterocycles. The molecule has 7 heteroatoms. The molecule has 0 bridgehead atoms. The van der Waals surface area contributed by atoms with Crippen molar-refractivity contribution in [1.82, 2.24) is 24.7 Å². The molecule has 4 rings (SSSR count). The van der Waals surface area contributed by atoms with Crippen LogP contribution in [-0.2, 0) is 4.79 Å². The van der Waals surface area contributed by atoms with Crippen LogP contribution < -0.4 is 5.32 Å². The monoisotopic (exact) mass is 314 g/mol. The van der Waals surface area contributed by atoms with Gasteiger partial charge < -0.3 is 10.2 Å². The highest BCUT2D eigenvalue weighted by molar-refractivity contribution is 5.80. The van der Waals surface area contributed by atoms with Gasteiger partial charge in [-0.25, -0.2) is 0 Å². The van der Waals surface area contributed by atoms with Crippen molar-refractivity contribution in [2.45, 2.75) is 57.5 Å². The molecular formula is C16H22N6O. The number of rotatable bonds is 3. The SMILES string of the molecule is CC(C)(C)N1CC(Nc2ccc3nnc(C4CC4)n3n2)CC1=O. The van der Waals surface area contributed by atoms with Gasteiger partial charge in [0.1, 0.15) is 5.82 Å². The Morgan fingerprint density at radius 2 is 2.00 bits per heavy atom. The molecule has 1 unspecified atom stereocenters. The van der Waals surface area contributed by atoms with E-state index in [0.29, 0.717) is 18.9 Å². The molecule has 122 valence electrons. The second-order valence-electron chi connectivity index (χ2n) is 7.54. The van der Waals surface area contributed by atoms with E-state index in [-0.39, 0.29) is 17.5 Å². The van der Waals surface area contributed by atoms with Crippen LogP contribution in [0.15, 0.2) is 12.1 Å². The maximum atomic E-state index is 12.2. The number of hydrogen-bond donors (Lipinski definition) is 1. The lowest BCUT2D eigenvalue weighted by Crippen LogP contribution is -2.43. The first-order valence-corrected chi connectivity index (χ1v) is 8.21. The molecule has 1 saturated carbocycles. The number of amides is 1. The number of hydrogen-bond acceptors (Lipinski definition) is 5. The number of aromatic nitrogens is 4. The summed E-state index contributed by atoms with van der Waals surface area (Å²) in [5.41, 5.74) is 0.634. The Kier molecular flexibility index (Phi) is 3.08. The molecule has 0 spiro atoms. The number of likely N-dealkylation sites (tertiary alicyclic amines) is 1. The lowest BCUT2D eigenvalue weighted by atomic mass is 10.1. The van der Waals surface area contributed by atoms with Gasteiger partial charge in [0.05, 0.1) is 6.04 Å². The maximum absolute atomic E-state index is 12.2. The van der Waals surface area contributed by atoms with Crippen molar-refractivity contribution in [3.05, 3.63) is 18.0 Å². The minimum atomic E-state index is -0.141. The van der Waals surface area contributed by atoms with Crippen molar-refractivity contribution >= 4 is 17.4 Å². The predicted molar refractivity (Wildman–Crippen MR) is 86.3 cm³/mol. The van der Waals surface area contributed by atoms with Gasteiger partial charge in [-0.3, -0.25) is 4.79 Å². The highest BCUT2D eigenvalue weighted by atomic mass is 16.2. The van der Waals surface area contributed by atoms with Gasteiger partial charge in [0.15, 0.2) is 11.5 Å². The van der Waals surface area contributed by atoms with E-state index in [1.165, 1.54) is 0 Å². The van der Waals surface area contributed by atoms with Crippen LogP contribution in [-0.4, -0.2) is 48.7 Å². The second kappa shape index (κ2) is 4.91. The summed E-state index contributed by atoms with van der Waals surface area (Å²) in [5.74, 6) is 2.41. The Morgan fingerprint density at radius 3 is 2.65 bits per heavy atom. The van der Waals surface area contributed by atoms with Crippen molar-refractivity contribution in [2.75, 3.05) is 11.9 Å². The Balaban J connectivity index is 1.54. The van der Waals surface area contributed by atoms with E-state index in [0.717, 1.165) is 30.1 Å². The zero-order valence-corrected chi connectivity index (χ0v) is 13.8. The third kappa shape index (κ3) is 2.64. The third-order valence-electron chi connectivity index (χ3n) is 4.52. The molecule has 1 saturated heterocycles. The van der Waals surface area contributed by atoms with Gasteiger partial charge in [-0.15, -0.1) is 15.3 Å². The van der Waals surface area contributed by atoms with Gasteiger partial charge in [0.2, 0.25) is 5.91 Å². The number of nitrogens with one attached hydrogen (secondary N) is 1. The van der Waals surface area contributed by atoms with E-state index >= 15 is 0 Å². The number of carbonyl (C=O) groups is 1. The van der Waals surface area contributed by atoms with Gasteiger partial charge in [0.25, 0.3) is 0 Å². The molecule has 1 aliphatic heterocycles. The smallest absolute Gasteiger partial charge is 0.225 e. The van der Waals surface area contributed by atoms with E-state index < -0.39 is 0 Å². The van der Waals surface area contributed by atoms with Gasteiger partial charge in [-0.05, 0) is 45.7 Å². The van der Waals surface area contributed by atoms with E-state index in [4.69, 9.17) is 0 Å². The molecule has 7 nitrogen and oxygen atoms in total. The summed E-state index contributed by atoms with van der Waals surface area (Å²) in [4.78, 5) is 14.1. The van der Waals surface area contributed by atoms with Gasteiger partial charge in [-0.1, -0.05) is 0 Å². The summed E-state index contributed by atoms with van der Waals surface area (Å²) in [6.45, 7) is 6.91. The zero-order chi connectivity index (χ0) is 16.2. The van der Waals surface area contributed by atoms with Crippen LogP contribution in [0.5, 0.6) is 0 Å². The fourth-order valence-corrected chi connectivity index (χ4v) is 3.14. The van der Waals surface area contributed by atoms with Crippen LogP contribution in [0.1, 0.15) is 51.8 Å². The molecule has 0 radical (unpaired) electrons. The number of nitrogens with zero attached hydrogens (tertiary/aromatic N) is 5. The topological polar surface area (TPSA) is 75.4 Å². The van der Waals surface area contributed by atoms with E-state index in [1.807, 2.05) is 21.5 Å². The minimum Gasteiger partial charge on any atom is -0.364 e. The molecule has 23 heavy (non-hydrogen) atoms. The average Bonchev–Trinajstić information content (AvgIpc) is 3.12. The lowest BCUT2D eigenvalue weighted by molar-refractivity contribution is -0.131. The average molecular weight is 314 g/mol. The largest absolute Gasteiger partial charge is 0.364 e. The first-order valence-electron chi connectivity index (χ1n) is 8.21. The first-order chi connectivity index (χ1) is 10.9. The van der Waals surface area contributed by atoms with Gasteiger partial charge >= 0.3 is 0 Å². The van der Waals surface area contributed by atoms with Crippen molar-refractivity contribution < 1.29 is 4.79 Å². The van der Waals surface area contributed by atoms with Crippen LogP contribution in [0.4, 0.5) is 5.82 Å². The van der Waals surface area contributed by atoms with Crippen molar-refractivity contribution in [1.29, 1.82) is 0 Å². The highest BCUT2D eigenvalue weighted by Gasteiger charge is 2.36. The van der Waals surface area contributed by atoms with E-state index in [9.17, 15) is 4.79 Å². The van der Waals surface area contributed by atoms with Crippen LogP contribution >= 0.6 is 0 Å². The van der Waals surface area contributed by atoms with E-state index in [2.05, 4.69) is 41.4 Å². The normalized spacial score (nSPS) is 22.1. The molecule has 2 aliphatic rings. The van der Waals surface area contributed by atoms with Crippen molar-refractivity contribution in [3.63, 3.8) is 0 Å². The fourth-order valence-electron chi connectivity index (χ4n) is 3.14. The summed E-state index contributed by atoms with van der Waals surface area (Å²) in [5, 5.41) is 16.4. The van der Waals surface area contributed by atoms with Gasteiger partial charge in [-0.2, -0.15) is 4.52 Å². The summed E-state index contributed by atoms with van der Waals surface area (Å²) < 4.78 is 1.83. The summed E-state index contributed by atoms with van der Waals surface area (Å²) in [6.07, 6.45) is 2.84. The molecule has 0 aromatic carbocycles. The summed E-state index contributed by atoms with van der Waals surface area (Å²) in [7, 11) is 0. The van der Waals surface area contributed by atoms with Crippen LogP contribution in [0.25, 0.3) is 5.65 Å². The maximum Gasteiger partial charge on any atom is 0.225 e. The molecule has 2 aromatic heterocycles. The summed E-state index contributed by atoms with van der Waals surface area (Å²) >= 11 is 0. The summed E-state index contributed by atoms with van der Waals surface area (Å²) in [6, 6.07) is 3.92. The number of anilines is 1. The van der Waals surface area contributed by atoms with Crippen LogP contribution in [0, 0.1) is 0 Å². The third-order valence-corrected chi connectivity index (χ3v) is 4.52. The highest BCUT2D eigenvalue weighted by Crippen LogP contribution is 2.38. The Hall–Kier alpha value is -2.18. The molecule has 1 atom stereocenters.